The van der Waals surface area contributed by atoms with Crippen molar-refractivity contribution in [1.82, 2.24) is 9.97 Å². The van der Waals surface area contributed by atoms with Crippen molar-refractivity contribution in [3.63, 3.8) is 0 Å². The molecule has 0 radical (unpaired) electrons. The standard InChI is InChI=1S/C21H22N4O3/c1-13-5-6-15(9-14(13)2)24-21(26)18-11-20(23-12-22-18)25-17-10-16(27-3)7-8-19(17)28-4/h5-12H,1-4H3,(H,24,26)(H,22,23,25). The zero-order valence-electron chi connectivity index (χ0n) is 16.2. The lowest BCUT2D eigenvalue weighted by Gasteiger charge is -2.12. The quantitative estimate of drug-likeness (QED) is 0.671. The number of nitrogens with one attached hydrogen (secondary N) is 2. The number of nitrogens with zero attached hydrogens (tertiary/aromatic N) is 2. The van der Waals surface area contributed by atoms with Crippen LogP contribution in [0.25, 0.3) is 0 Å². The molecule has 7 heteroatoms. The molecule has 0 unspecified atom stereocenters. The highest BCUT2D eigenvalue weighted by atomic mass is 16.5. The van der Waals surface area contributed by atoms with Crippen LogP contribution >= 0.6 is 0 Å². The van der Waals surface area contributed by atoms with Crippen LogP contribution in [0.3, 0.4) is 0 Å². The van der Waals surface area contributed by atoms with E-state index in [-0.39, 0.29) is 11.6 Å². The van der Waals surface area contributed by atoms with Crippen molar-refractivity contribution in [3.8, 4) is 11.5 Å². The second-order valence-corrected chi connectivity index (χ2v) is 6.23. The first-order valence-electron chi connectivity index (χ1n) is 8.70. The first kappa shape index (κ1) is 19.2. The molecule has 0 aliphatic rings. The largest absolute Gasteiger partial charge is 0.497 e. The summed E-state index contributed by atoms with van der Waals surface area (Å²) in [5, 5.41) is 5.99. The Bertz CT molecular complexity index is 1000. The summed E-state index contributed by atoms with van der Waals surface area (Å²) in [6, 6.07) is 12.7. The molecule has 0 bridgehead atoms. The Balaban J connectivity index is 1.80. The van der Waals surface area contributed by atoms with E-state index >= 15 is 0 Å². The fourth-order valence-electron chi connectivity index (χ4n) is 2.61. The molecule has 0 saturated carbocycles. The number of rotatable bonds is 6. The van der Waals surface area contributed by atoms with Crippen LogP contribution in [0, 0.1) is 13.8 Å². The molecular weight excluding hydrogens is 356 g/mol. The average molecular weight is 378 g/mol. The number of amides is 1. The Hall–Kier alpha value is -3.61. The number of carbonyl (C=O) groups is 1. The fourth-order valence-corrected chi connectivity index (χ4v) is 2.61. The lowest BCUT2D eigenvalue weighted by atomic mass is 10.1. The number of ether oxygens (including phenoxy) is 2. The topological polar surface area (TPSA) is 85.4 Å². The summed E-state index contributed by atoms with van der Waals surface area (Å²) in [5.74, 6) is 1.45. The minimum atomic E-state index is -0.314. The molecular formula is C21H22N4O3. The van der Waals surface area contributed by atoms with Gasteiger partial charge in [0.15, 0.2) is 0 Å². The van der Waals surface area contributed by atoms with Crippen molar-refractivity contribution < 1.29 is 14.3 Å². The highest BCUT2D eigenvalue weighted by molar-refractivity contribution is 6.03. The zero-order chi connectivity index (χ0) is 20.1. The summed E-state index contributed by atoms with van der Waals surface area (Å²) < 4.78 is 10.6. The third-order valence-corrected chi connectivity index (χ3v) is 4.33. The molecule has 1 aromatic heterocycles. The maximum Gasteiger partial charge on any atom is 0.274 e. The molecule has 1 amide bonds. The first-order chi connectivity index (χ1) is 13.5. The lowest BCUT2D eigenvalue weighted by Crippen LogP contribution is -2.14. The zero-order valence-corrected chi connectivity index (χ0v) is 16.2. The molecule has 0 saturated heterocycles. The maximum atomic E-state index is 12.6. The van der Waals surface area contributed by atoms with E-state index in [4.69, 9.17) is 9.47 Å². The number of anilines is 3. The van der Waals surface area contributed by atoms with E-state index in [0.717, 1.165) is 11.3 Å². The summed E-state index contributed by atoms with van der Waals surface area (Å²) >= 11 is 0. The number of benzene rings is 2. The van der Waals surface area contributed by atoms with Gasteiger partial charge in [-0.05, 0) is 49.2 Å². The van der Waals surface area contributed by atoms with Crippen LogP contribution in [0.2, 0.25) is 0 Å². The van der Waals surface area contributed by atoms with Crippen molar-refractivity contribution in [2.75, 3.05) is 24.9 Å². The van der Waals surface area contributed by atoms with E-state index < -0.39 is 0 Å². The van der Waals surface area contributed by atoms with E-state index in [0.29, 0.717) is 23.0 Å². The molecule has 2 aromatic carbocycles. The van der Waals surface area contributed by atoms with Gasteiger partial charge in [-0.25, -0.2) is 9.97 Å². The summed E-state index contributed by atoms with van der Waals surface area (Å²) in [6.07, 6.45) is 1.34. The van der Waals surface area contributed by atoms with Crippen LogP contribution in [0.4, 0.5) is 17.2 Å². The molecule has 28 heavy (non-hydrogen) atoms. The van der Waals surface area contributed by atoms with Crippen LogP contribution in [-0.4, -0.2) is 30.1 Å². The first-order valence-corrected chi connectivity index (χ1v) is 8.70. The second kappa shape index (κ2) is 8.39. The van der Waals surface area contributed by atoms with Gasteiger partial charge in [-0.1, -0.05) is 6.07 Å². The molecule has 144 valence electrons. The fraction of sp³-hybridized carbons (Fsp3) is 0.190. The van der Waals surface area contributed by atoms with Crippen LogP contribution in [0.15, 0.2) is 48.8 Å². The van der Waals surface area contributed by atoms with Crippen molar-refractivity contribution in [1.29, 1.82) is 0 Å². The lowest BCUT2D eigenvalue weighted by molar-refractivity contribution is 0.102. The van der Waals surface area contributed by atoms with Crippen molar-refractivity contribution in [2.45, 2.75) is 13.8 Å². The Morgan fingerprint density at radius 2 is 1.75 bits per heavy atom. The summed E-state index contributed by atoms with van der Waals surface area (Å²) in [5.41, 5.74) is 3.90. The van der Waals surface area contributed by atoms with Crippen LogP contribution in [0.1, 0.15) is 21.6 Å². The van der Waals surface area contributed by atoms with Crippen LogP contribution in [0.5, 0.6) is 11.5 Å². The number of methoxy groups -OCH3 is 2. The molecule has 0 aliphatic carbocycles. The highest BCUT2D eigenvalue weighted by Gasteiger charge is 2.12. The van der Waals surface area contributed by atoms with Gasteiger partial charge < -0.3 is 20.1 Å². The Kier molecular flexibility index (Phi) is 5.74. The summed E-state index contributed by atoms with van der Waals surface area (Å²) in [4.78, 5) is 20.8. The third-order valence-electron chi connectivity index (χ3n) is 4.33. The molecule has 0 aliphatic heterocycles. The molecule has 3 aromatic rings. The van der Waals surface area contributed by atoms with Gasteiger partial charge in [0, 0.05) is 17.8 Å². The molecule has 7 nitrogen and oxygen atoms in total. The third kappa shape index (κ3) is 4.37. The van der Waals surface area contributed by atoms with E-state index in [1.807, 2.05) is 32.0 Å². The molecule has 0 fully saturated rings. The maximum absolute atomic E-state index is 12.6. The van der Waals surface area contributed by atoms with Gasteiger partial charge in [0.05, 0.1) is 19.9 Å². The van der Waals surface area contributed by atoms with Gasteiger partial charge >= 0.3 is 0 Å². The van der Waals surface area contributed by atoms with Gasteiger partial charge in [-0.3, -0.25) is 4.79 Å². The SMILES string of the molecule is COc1ccc(OC)c(Nc2cc(C(=O)Nc3ccc(C)c(C)c3)ncn2)c1. The molecule has 0 spiro atoms. The van der Waals surface area contributed by atoms with Gasteiger partial charge in [0.25, 0.3) is 5.91 Å². The van der Waals surface area contributed by atoms with Crippen LogP contribution < -0.4 is 20.1 Å². The number of aromatic nitrogens is 2. The Morgan fingerprint density at radius 1 is 0.929 bits per heavy atom. The predicted molar refractivity (Wildman–Crippen MR) is 109 cm³/mol. The molecule has 1 heterocycles. The van der Waals surface area contributed by atoms with Gasteiger partial charge in [0.2, 0.25) is 0 Å². The average Bonchev–Trinajstić information content (AvgIpc) is 2.71. The number of hydrogen-bond donors (Lipinski definition) is 2. The Labute approximate surface area is 163 Å². The van der Waals surface area contributed by atoms with Crippen molar-refractivity contribution in [3.05, 3.63) is 65.6 Å². The van der Waals surface area contributed by atoms with Crippen molar-refractivity contribution >= 4 is 23.1 Å². The van der Waals surface area contributed by atoms with E-state index in [9.17, 15) is 4.79 Å². The van der Waals surface area contributed by atoms with Gasteiger partial charge in [-0.2, -0.15) is 0 Å². The Morgan fingerprint density at radius 3 is 2.46 bits per heavy atom. The monoisotopic (exact) mass is 378 g/mol. The minimum Gasteiger partial charge on any atom is -0.497 e. The smallest absolute Gasteiger partial charge is 0.274 e. The summed E-state index contributed by atoms with van der Waals surface area (Å²) in [7, 11) is 3.17. The van der Waals surface area contributed by atoms with E-state index in [1.165, 1.54) is 11.9 Å². The van der Waals surface area contributed by atoms with E-state index in [2.05, 4.69) is 20.6 Å². The van der Waals surface area contributed by atoms with Gasteiger partial charge in [0.1, 0.15) is 29.3 Å². The van der Waals surface area contributed by atoms with Gasteiger partial charge in [-0.15, -0.1) is 0 Å². The second-order valence-electron chi connectivity index (χ2n) is 6.23. The van der Waals surface area contributed by atoms with Crippen molar-refractivity contribution in [2.24, 2.45) is 0 Å². The van der Waals surface area contributed by atoms with E-state index in [1.54, 1.807) is 38.5 Å². The molecule has 2 N–H and O–H groups in total. The number of carbonyl (C=O) groups excluding carboxylic acids is 1. The molecule has 0 atom stereocenters. The highest BCUT2D eigenvalue weighted by Crippen LogP contribution is 2.31. The summed E-state index contributed by atoms with van der Waals surface area (Å²) in [6.45, 7) is 4.02. The number of hydrogen-bond acceptors (Lipinski definition) is 6. The molecule has 3 rings (SSSR count). The normalized spacial score (nSPS) is 10.3. The predicted octanol–water partition coefficient (Wildman–Crippen LogP) is 4.11. The number of aryl methyl sites for hydroxylation is 2. The minimum absolute atomic E-state index is 0.248. The van der Waals surface area contributed by atoms with Crippen LogP contribution in [-0.2, 0) is 0 Å².